The summed E-state index contributed by atoms with van der Waals surface area (Å²) in [6.45, 7) is 1.54. The van der Waals surface area contributed by atoms with Crippen LogP contribution in [-0.2, 0) is 9.47 Å². The van der Waals surface area contributed by atoms with Crippen LogP contribution in [0.1, 0.15) is 44.9 Å². The molecule has 3 nitrogen and oxygen atoms in total. The summed E-state index contributed by atoms with van der Waals surface area (Å²) >= 11 is 0. The number of ether oxygens (including phenoxy) is 2. The summed E-state index contributed by atoms with van der Waals surface area (Å²) < 4.78 is 11.1. The normalized spacial score (nSPS) is 26.8. The van der Waals surface area contributed by atoms with Crippen LogP contribution in [0.4, 0.5) is 0 Å². The van der Waals surface area contributed by atoms with Crippen LogP contribution in [0.5, 0.6) is 0 Å². The molecule has 1 aliphatic carbocycles. The molecule has 2 rings (SSSR count). The van der Waals surface area contributed by atoms with Gasteiger partial charge in [0.2, 0.25) is 0 Å². The molecule has 2 aliphatic rings. The first-order valence-electron chi connectivity index (χ1n) is 6.80. The van der Waals surface area contributed by atoms with Crippen molar-refractivity contribution in [2.45, 2.75) is 57.3 Å². The van der Waals surface area contributed by atoms with Gasteiger partial charge < -0.3 is 14.8 Å². The zero-order valence-corrected chi connectivity index (χ0v) is 10.4. The molecule has 1 saturated carbocycles. The van der Waals surface area contributed by atoms with E-state index in [1.165, 1.54) is 38.5 Å². The van der Waals surface area contributed by atoms with Gasteiger partial charge in [0.15, 0.2) is 6.29 Å². The highest BCUT2D eigenvalue weighted by atomic mass is 16.7. The van der Waals surface area contributed by atoms with Crippen molar-refractivity contribution in [3.8, 4) is 0 Å². The highest BCUT2D eigenvalue weighted by Crippen LogP contribution is 2.28. The van der Waals surface area contributed by atoms with Crippen molar-refractivity contribution in [1.82, 2.24) is 5.32 Å². The molecule has 1 heterocycles. The fourth-order valence-corrected chi connectivity index (χ4v) is 3.01. The summed E-state index contributed by atoms with van der Waals surface area (Å²) in [6.07, 6.45) is 9.44. The molecule has 1 N–H and O–H groups in total. The molecule has 1 aliphatic heterocycles. The Bertz CT molecular complexity index is 184. The van der Waals surface area contributed by atoms with Crippen LogP contribution >= 0.6 is 0 Å². The fraction of sp³-hybridized carbons (Fsp3) is 1.00. The maximum Gasteiger partial charge on any atom is 0.159 e. The summed E-state index contributed by atoms with van der Waals surface area (Å²) in [5, 5.41) is 3.47. The van der Waals surface area contributed by atoms with Gasteiger partial charge in [0.1, 0.15) is 0 Å². The average Bonchev–Trinajstić information content (AvgIpc) is 2.67. The van der Waals surface area contributed by atoms with E-state index in [0.29, 0.717) is 6.04 Å². The quantitative estimate of drug-likeness (QED) is 0.748. The molecular weight excluding hydrogens is 202 g/mol. The van der Waals surface area contributed by atoms with Crippen molar-refractivity contribution < 1.29 is 9.47 Å². The highest BCUT2D eigenvalue weighted by molar-refractivity contribution is 4.79. The molecule has 0 aromatic heterocycles. The second-order valence-corrected chi connectivity index (χ2v) is 5.05. The molecule has 0 bridgehead atoms. The molecule has 16 heavy (non-hydrogen) atoms. The Balaban J connectivity index is 1.81. The number of rotatable bonds is 4. The van der Waals surface area contributed by atoms with Crippen LogP contribution in [0.3, 0.4) is 0 Å². The van der Waals surface area contributed by atoms with Crippen molar-refractivity contribution in [2.75, 3.05) is 20.3 Å². The number of nitrogens with one attached hydrogen (secondary N) is 1. The lowest BCUT2D eigenvalue weighted by Crippen LogP contribution is -2.37. The summed E-state index contributed by atoms with van der Waals surface area (Å²) in [5.74, 6) is 0.820. The molecule has 1 saturated heterocycles. The summed E-state index contributed by atoms with van der Waals surface area (Å²) in [6, 6.07) is 0.571. The summed E-state index contributed by atoms with van der Waals surface area (Å²) in [5.41, 5.74) is 0. The average molecular weight is 227 g/mol. The van der Waals surface area contributed by atoms with E-state index in [0.717, 1.165) is 25.6 Å². The predicted octanol–water partition coefficient (Wildman–Crippen LogP) is 2.31. The van der Waals surface area contributed by atoms with Crippen LogP contribution < -0.4 is 5.32 Å². The number of hydrogen-bond acceptors (Lipinski definition) is 3. The van der Waals surface area contributed by atoms with Gasteiger partial charge in [-0.2, -0.15) is 0 Å². The van der Waals surface area contributed by atoms with E-state index in [1.807, 2.05) is 0 Å². The minimum Gasteiger partial charge on any atom is -0.350 e. The van der Waals surface area contributed by atoms with E-state index in [9.17, 15) is 0 Å². The molecule has 94 valence electrons. The molecule has 3 heteroatoms. The molecule has 0 aromatic rings. The lowest BCUT2D eigenvalue weighted by atomic mass is 9.90. The monoisotopic (exact) mass is 227 g/mol. The molecule has 0 radical (unpaired) electrons. The Morgan fingerprint density at radius 2 is 1.69 bits per heavy atom. The lowest BCUT2D eigenvalue weighted by molar-refractivity contribution is -0.0564. The van der Waals surface area contributed by atoms with E-state index in [1.54, 1.807) is 0 Å². The SMILES string of the molecule is CNC(CC1OCCO1)C1CCCCCC1. The molecular formula is C13H25NO2. The van der Waals surface area contributed by atoms with Gasteiger partial charge in [-0.1, -0.05) is 25.7 Å². The minimum absolute atomic E-state index is 0.0423. The third kappa shape index (κ3) is 3.44. The first-order chi connectivity index (χ1) is 7.90. The maximum absolute atomic E-state index is 5.55. The van der Waals surface area contributed by atoms with Crippen molar-refractivity contribution >= 4 is 0 Å². The Kier molecular flexibility index (Phi) is 5.07. The third-order valence-electron chi connectivity index (χ3n) is 3.98. The van der Waals surface area contributed by atoms with Gasteiger partial charge in [0.25, 0.3) is 0 Å². The highest BCUT2D eigenvalue weighted by Gasteiger charge is 2.26. The van der Waals surface area contributed by atoms with Crippen LogP contribution in [0.15, 0.2) is 0 Å². The Morgan fingerprint density at radius 3 is 2.25 bits per heavy atom. The Hall–Kier alpha value is -0.120. The molecule has 1 unspecified atom stereocenters. The van der Waals surface area contributed by atoms with Gasteiger partial charge in [-0.25, -0.2) is 0 Å². The summed E-state index contributed by atoms with van der Waals surface area (Å²) in [7, 11) is 2.07. The predicted molar refractivity (Wildman–Crippen MR) is 64.3 cm³/mol. The van der Waals surface area contributed by atoms with Crippen LogP contribution in [0, 0.1) is 5.92 Å². The zero-order chi connectivity index (χ0) is 11.2. The molecule has 2 fully saturated rings. The van der Waals surface area contributed by atoms with E-state index in [-0.39, 0.29) is 6.29 Å². The van der Waals surface area contributed by atoms with Gasteiger partial charge in [0, 0.05) is 12.5 Å². The van der Waals surface area contributed by atoms with E-state index in [2.05, 4.69) is 12.4 Å². The maximum atomic E-state index is 5.55. The lowest BCUT2D eigenvalue weighted by Gasteiger charge is -2.27. The van der Waals surface area contributed by atoms with Crippen molar-refractivity contribution in [3.63, 3.8) is 0 Å². The van der Waals surface area contributed by atoms with Gasteiger partial charge in [0.05, 0.1) is 13.2 Å². The first kappa shape index (κ1) is 12.3. The van der Waals surface area contributed by atoms with Crippen LogP contribution in [0.25, 0.3) is 0 Å². The third-order valence-corrected chi connectivity index (χ3v) is 3.98. The van der Waals surface area contributed by atoms with Gasteiger partial charge in [-0.05, 0) is 25.8 Å². The van der Waals surface area contributed by atoms with Gasteiger partial charge in [-0.15, -0.1) is 0 Å². The topological polar surface area (TPSA) is 30.5 Å². The molecule has 0 spiro atoms. The largest absolute Gasteiger partial charge is 0.350 e. The summed E-state index contributed by atoms with van der Waals surface area (Å²) in [4.78, 5) is 0. The Labute approximate surface area is 98.9 Å². The van der Waals surface area contributed by atoms with E-state index < -0.39 is 0 Å². The smallest absolute Gasteiger partial charge is 0.159 e. The molecule has 1 atom stereocenters. The van der Waals surface area contributed by atoms with Gasteiger partial charge in [-0.3, -0.25) is 0 Å². The van der Waals surface area contributed by atoms with Crippen molar-refractivity contribution in [1.29, 1.82) is 0 Å². The molecule has 0 aromatic carbocycles. The van der Waals surface area contributed by atoms with Crippen LogP contribution in [0.2, 0.25) is 0 Å². The zero-order valence-electron chi connectivity index (χ0n) is 10.4. The van der Waals surface area contributed by atoms with Crippen molar-refractivity contribution in [3.05, 3.63) is 0 Å². The van der Waals surface area contributed by atoms with E-state index >= 15 is 0 Å². The van der Waals surface area contributed by atoms with Gasteiger partial charge >= 0.3 is 0 Å². The van der Waals surface area contributed by atoms with Crippen molar-refractivity contribution in [2.24, 2.45) is 5.92 Å². The van der Waals surface area contributed by atoms with Crippen LogP contribution in [-0.4, -0.2) is 32.6 Å². The standard InChI is InChI=1S/C13H25NO2/c1-14-12(10-13-15-8-9-16-13)11-6-4-2-3-5-7-11/h11-14H,2-10H2,1H3. The minimum atomic E-state index is 0.0423. The second kappa shape index (κ2) is 6.58. The second-order valence-electron chi connectivity index (χ2n) is 5.05. The first-order valence-corrected chi connectivity index (χ1v) is 6.80. The molecule has 0 amide bonds. The van der Waals surface area contributed by atoms with E-state index in [4.69, 9.17) is 9.47 Å². The number of hydrogen-bond donors (Lipinski definition) is 1. The fourth-order valence-electron chi connectivity index (χ4n) is 3.01. The Morgan fingerprint density at radius 1 is 1.06 bits per heavy atom.